The van der Waals surface area contributed by atoms with Gasteiger partial charge < -0.3 is 4.90 Å². The van der Waals surface area contributed by atoms with Gasteiger partial charge in [-0.2, -0.15) is 5.10 Å². The lowest BCUT2D eigenvalue weighted by molar-refractivity contribution is -0.130. The molecule has 0 atom stereocenters. The molecule has 2 aliphatic rings. The molecule has 0 saturated carbocycles. The van der Waals surface area contributed by atoms with Gasteiger partial charge >= 0.3 is 0 Å². The van der Waals surface area contributed by atoms with Crippen molar-refractivity contribution in [2.75, 3.05) is 20.1 Å². The molecule has 1 saturated heterocycles. The molecule has 0 aliphatic carbocycles. The maximum absolute atomic E-state index is 13.2. The predicted octanol–water partition coefficient (Wildman–Crippen LogP) is 2.44. The molecule has 0 radical (unpaired) electrons. The fourth-order valence-electron chi connectivity index (χ4n) is 2.98. The highest BCUT2D eigenvalue weighted by molar-refractivity contribution is 6.39. The first-order valence-electron chi connectivity index (χ1n) is 8.11. The van der Waals surface area contributed by atoms with Gasteiger partial charge in [-0.15, -0.1) is 0 Å². The van der Waals surface area contributed by atoms with Crippen LogP contribution in [-0.2, 0) is 9.59 Å². The Morgan fingerprint density at radius 1 is 1.21 bits per heavy atom. The van der Waals surface area contributed by atoms with Crippen molar-refractivity contribution in [3.05, 3.63) is 41.2 Å². The van der Waals surface area contributed by atoms with E-state index in [1.165, 1.54) is 22.7 Å². The number of rotatable bonds is 2. The van der Waals surface area contributed by atoms with E-state index in [1.54, 1.807) is 18.0 Å². The van der Waals surface area contributed by atoms with Crippen LogP contribution >= 0.6 is 0 Å². The Kier molecular flexibility index (Phi) is 4.74. The highest BCUT2D eigenvalue weighted by Crippen LogP contribution is 2.21. The quantitative estimate of drug-likeness (QED) is 0.837. The second-order valence-electron chi connectivity index (χ2n) is 6.11. The number of carbonyl (C=O) groups excluding carboxylic acids is 2. The molecular weight excluding hydrogens is 309 g/mol. The summed E-state index contributed by atoms with van der Waals surface area (Å²) in [4.78, 5) is 25.7. The summed E-state index contributed by atoms with van der Waals surface area (Å²) in [7, 11) is 1.57. The molecule has 5 nitrogen and oxygen atoms in total. The third kappa shape index (κ3) is 3.69. The fourth-order valence-corrected chi connectivity index (χ4v) is 2.98. The molecule has 24 heavy (non-hydrogen) atoms. The molecule has 0 aromatic heterocycles. The van der Waals surface area contributed by atoms with Gasteiger partial charge in [0.2, 0.25) is 5.91 Å². The maximum Gasteiger partial charge on any atom is 0.270 e. The lowest BCUT2D eigenvalue weighted by Crippen LogP contribution is -2.43. The number of hydrogen-bond donors (Lipinski definition) is 0. The molecule has 0 N–H and O–H groups in total. The van der Waals surface area contributed by atoms with E-state index in [2.05, 4.69) is 5.10 Å². The van der Waals surface area contributed by atoms with Crippen LogP contribution in [0.2, 0.25) is 0 Å². The summed E-state index contributed by atoms with van der Waals surface area (Å²) in [5.41, 5.74) is 2.51. The van der Waals surface area contributed by atoms with Gasteiger partial charge in [-0.25, -0.2) is 9.40 Å². The Labute approximate surface area is 140 Å². The Bertz CT molecular complexity index is 717. The zero-order valence-corrected chi connectivity index (χ0v) is 13.7. The van der Waals surface area contributed by atoms with Gasteiger partial charge in [-0.3, -0.25) is 9.59 Å². The highest BCUT2D eigenvalue weighted by atomic mass is 19.1. The molecule has 126 valence electrons. The molecule has 2 aliphatic heterocycles. The van der Waals surface area contributed by atoms with Crippen LogP contribution in [0.15, 0.2) is 34.9 Å². The molecule has 0 bridgehead atoms. The van der Waals surface area contributed by atoms with Crippen molar-refractivity contribution in [1.82, 2.24) is 9.91 Å². The number of nitrogens with zero attached hydrogens (tertiary/aromatic N) is 3. The Balaban J connectivity index is 1.62. The number of hydrogen-bond acceptors (Lipinski definition) is 3. The standard InChI is InChI=1S/C18H20FN3O2/c1-21-17(23)6-5-16(20-21)18(24)22-9-7-13(8-10-22)11-14-3-2-4-15(19)12-14/h2-4,11-12H,5-10H2,1H3. The number of piperidine rings is 1. The van der Waals surface area contributed by atoms with Crippen LogP contribution in [0.4, 0.5) is 4.39 Å². The van der Waals surface area contributed by atoms with Crippen molar-refractivity contribution in [3.63, 3.8) is 0 Å². The lowest BCUT2D eigenvalue weighted by atomic mass is 10.00. The van der Waals surface area contributed by atoms with Crippen molar-refractivity contribution < 1.29 is 14.0 Å². The average Bonchev–Trinajstić information content (AvgIpc) is 2.57. The van der Waals surface area contributed by atoms with Gasteiger partial charge in [0.1, 0.15) is 11.5 Å². The average molecular weight is 329 g/mol. The minimum Gasteiger partial charge on any atom is -0.337 e. The highest BCUT2D eigenvalue weighted by Gasteiger charge is 2.27. The van der Waals surface area contributed by atoms with Crippen LogP contribution in [-0.4, -0.2) is 47.6 Å². The first kappa shape index (κ1) is 16.4. The topological polar surface area (TPSA) is 53.0 Å². The van der Waals surface area contributed by atoms with E-state index in [4.69, 9.17) is 0 Å². The third-order valence-corrected chi connectivity index (χ3v) is 4.37. The van der Waals surface area contributed by atoms with Gasteiger partial charge in [0.25, 0.3) is 5.91 Å². The number of carbonyl (C=O) groups is 2. The molecule has 2 amide bonds. The van der Waals surface area contributed by atoms with E-state index in [1.807, 2.05) is 12.1 Å². The van der Waals surface area contributed by atoms with Crippen LogP contribution in [0.1, 0.15) is 31.2 Å². The van der Waals surface area contributed by atoms with E-state index in [0.29, 0.717) is 31.6 Å². The molecule has 6 heteroatoms. The summed E-state index contributed by atoms with van der Waals surface area (Å²) in [5, 5.41) is 5.33. The van der Waals surface area contributed by atoms with Crippen molar-refractivity contribution in [1.29, 1.82) is 0 Å². The van der Waals surface area contributed by atoms with Crippen LogP contribution in [0.3, 0.4) is 0 Å². The van der Waals surface area contributed by atoms with Crippen LogP contribution in [0.25, 0.3) is 6.08 Å². The Hall–Kier alpha value is -2.50. The number of likely N-dealkylation sites (tertiary alicyclic amines) is 1. The summed E-state index contributed by atoms with van der Waals surface area (Å²) in [5.74, 6) is -0.393. The predicted molar refractivity (Wildman–Crippen MR) is 89.6 cm³/mol. The van der Waals surface area contributed by atoms with Crippen molar-refractivity contribution in [3.8, 4) is 0 Å². The number of hydrazone groups is 1. The maximum atomic E-state index is 13.2. The van der Waals surface area contributed by atoms with E-state index in [-0.39, 0.29) is 17.6 Å². The SMILES string of the molecule is CN1N=C(C(=O)N2CCC(=Cc3cccc(F)c3)CC2)CCC1=O. The second kappa shape index (κ2) is 6.95. The van der Waals surface area contributed by atoms with E-state index in [9.17, 15) is 14.0 Å². The second-order valence-corrected chi connectivity index (χ2v) is 6.11. The molecular formula is C18H20FN3O2. The Morgan fingerprint density at radius 2 is 1.96 bits per heavy atom. The van der Waals surface area contributed by atoms with Crippen LogP contribution in [0, 0.1) is 5.82 Å². The van der Waals surface area contributed by atoms with Crippen LogP contribution in [0.5, 0.6) is 0 Å². The van der Waals surface area contributed by atoms with Crippen molar-refractivity contribution in [2.24, 2.45) is 5.10 Å². The molecule has 3 rings (SSSR count). The molecule has 0 spiro atoms. The molecule has 1 aromatic rings. The van der Waals surface area contributed by atoms with Crippen LogP contribution < -0.4 is 0 Å². The van der Waals surface area contributed by atoms with Gasteiger partial charge in [-0.1, -0.05) is 23.8 Å². The number of halogens is 1. The first-order chi connectivity index (χ1) is 11.5. The van der Waals surface area contributed by atoms with Gasteiger partial charge in [0, 0.05) is 33.0 Å². The molecule has 1 aromatic carbocycles. The first-order valence-corrected chi connectivity index (χ1v) is 8.11. The normalized spacial score (nSPS) is 18.5. The van der Waals surface area contributed by atoms with Gasteiger partial charge in [-0.05, 0) is 30.5 Å². The van der Waals surface area contributed by atoms with E-state index < -0.39 is 0 Å². The zero-order chi connectivity index (χ0) is 17.1. The molecule has 1 fully saturated rings. The summed E-state index contributed by atoms with van der Waals surface area (Å²) in [6, 6.07) is 6.50. The zero-order valence-electron chi connectivity index (χ0n) is 13.7. The largest absolute Gasteiger partial charge is 0.337 e. The smallest absolute Gasteiger partial charge is 0.270 e. The monoisotopic (exact) mass is 329 g/mol. The number of amides is 2. The summed E-state index contributed by atoms with van der Waals surface area (Å²) >= 11 is 0. The summed E-state index contributed by atoms with van der Waals surface area (Å²) in [6.07, 6.45) is 4.27. The van der Waals surface area contributed by atoms with Gasteiger partial charge in [0.05, 0.1) is 0 Å². The van der Waals surface area contributed by atoms with E-state index in [0.717, 1.165) is 18.4 Å². The molecule has 0 unspecified atom stereocenters. The summed E-state index contributed by atoms with van der Waals surface area (Å²) in [6.45, 7) is 1.24. The third-order valence-electron chi connectivity index (χ3n) is 4.37. The van der Waals surface area contributed by atoms with Gasteiger partial charge in [0.15, 0.2) is 0 Å². The van der Waals surface area contributed by atoms with Crippen molar-refractivity contribution in [2.45, 2.75) is 25.7 Å². The fraction of sp³-hybridized carbons (Fsp3) is 0.389. The minimum absolute atomic E-state index is 0.0643. The Morgan fingerprint density at radius 3 is 2.62 bits per heavy atom. The minimum atomic E-state index is -0.244. The van der Waals surface area contributed by atoms with Crippen molar-refractivity contribution >= 4 is 23.6 Å². The molecule has 2 heterocycles. The summed E-state index contributed by atoms with van der Waals surface area (Å²) < 4.78 is 13.2. The lowest BCUT2D eigenvalue weighted by Gasteiger charge is -2.30. The number of benzene rings is 1. The van der Waals surface area contributed by atoms with E-state index >= 15 is 0 Å².